The van der Waals surface area contributed by atoms with E-state index in [1.165, 1.54) is 18.2 Å². The summed E-state index contributed by atoms with van der Waals surface area (Å²) in [5, 5.41) is 0. The number of hydrogen-bond acceptors (Lipinski definition) is 5. The number of benzene rings is 3. The lowest BCUT2D eigenvalue weighted by atomic mass is 9.98. The van der Waals surface area contributed by atoms with Crippen LogP contribution in [0.1, 0.15) is 37.7 Å². The highest BCUT2D eigenvalue weighted by Crippen LogP contribution is 2.33. The summed E-state index contributed by atoms with van der Waals surface area (Å²) in [6.45, 7) is 4.06. The monoisotopic (exact) mass is 549 g/mol. The first-order valence-electron chi connectivity index (χ1n) is 12.6. The van der Waals surface area contributed by atoms with Crippen molar-refractivity contribution in [2.75, 3.05) is 13.2 Å². The van der Waals surface area contributed by atoms with Crippen LogP contribution in [0.2, 0.25) is 0 Å². The smallest absolute Gasteiger partial charge is 0.416 e. The van der Waals surface area contributed by atoms with Crippen LogP contribution in [0.25, 0.3) is 11.1 Å². The number of carbonyl (C=O) groups is 2. The fourth-order valence-electron chi connectivity index (χ4n) is 4.76. The standard InChI is InChI=1S/C31H26F3NO5/c1-19-15-26(20(2)35(19)16-23-17-38-28-9-5-6-10-29(28)40-23)27(36)18-39-30(37)25-8-4-3-7-24(25)21-11-13-22(14-12-21)31(32,33)34/h3-15,23H,16-18H2,1-2H3. The van der Waals surface area contributed by atoms with E-state index >= 15 is 0 Å². The lowest BCUT2D eigenvalue weighted by molar-refractivity contribution is -0.137. The zero-order valence-electron chi connectivity index (χ0n) is 21.8. The Morgan fingerprint density at radius 3 is 2.33 bits per heavy atom. The number of aryl methyl sites for hydroxylation is 1. The summed E-state index contributed by atoms with van der Waals surface area (Å²) in [4.78, 5) is 26.0. The molecule has 0 bridgehead atoms. The number of esters is 1. The number of carbonyl (C=O) groups excluding carboxylic acids is 2. The van der Waals surface area contributed by atoms with E-state index in [0.717, 1.165) is 17.8 Å². The molecule has 6 nitrogen and oxygen atoms in total. The van der Waals surface area contributed by atoms with E-state index in [4.69, 9.17) is 14.2 Å². The van der Waals surface area contributed by atoms with Gasteiger partial charge < -0.3 is 18.8 Å². The first-order chi connectivity index (χ1) is 19.1. The molecule has 1 aromatic heterocycles. The van der Waals surface area contributed by atoms with Crippen molar-refractivity contribution in [3.05, 3.63) is 107 Å². The highest BCUT2D eigenvalue weighted by Gasteiger charge is 2.30. The molecule has 0 saturated heterocycles. The Hall–Kier alpha value is -4.53. The Labute approximate surface area is 228 Å². The van der Waals surface area contributed by atoms with Gasteiger partial charge in [0.1, 0.15) is 6.61 Å². The number of ether oxygens (including phenoxy) is 3. The summed E-state index contributed by atoms with van der Waals surface area (Å²) >= 11 is 0. The zero-order valence-corrected chi connectivity index (χ0v) is 21.8. The van der Waals surface area contributed by atoms with E-state index in [9.17, 15) is 22.8 Å². The van der Waals surface area contributed by atoms with Gasteiger partial charge in [0.15, 0.2) is 24.2 Å². The quantitative estimate of drug-likeness (QED) is 0.190. The molecule has 1 unspecified atom stereocenters. The van der Waals surface area contributed by atoms with Gasteiger partial charge in [0, 0.05) is 17.0 Å². The van der Waals surface area contributed by atoms with E-state index in [0.29, 0.717) is 47.0 Å². The van der Waals surface area contributed by atoms with Crippen molar-refractivity contribution in [2.24, 2.45) is 0 Å². The third kappa shape index (κ3) is 5.59. The number of ketones is 1. The largest absolute Gasteiger partial charge is 0.486 e. The summed E-state index contributed by atoms with van der Waals surface area (Å²) in [7, 11) is 0. The second kappa shape index (κ2) is 10.9. The molecular weight excluding hydrogens is 523 g/mol. The topological polar surface area (TPSA) is 66.8 Å². The van der Waals surface area contributed by atoms with Gasteiger partial charge in [-0.05, 0) is 61.4 Å². The molecule has 1 aliphatic rings. The van der Waals surface area contributed by atoms with Gasteiger partial charge >= 0.3 is 12.1 Å². The van der Waals surface area contributed by atoms with Crippen molar-refractivity contribution in [1.29, 1.82) is 0 Å². The highest BCUT2D eigenvalue weighted by molar-refractivity contribution is 6.02. The predicted octanol–water partition coefficient (Wildman–Crippen LogP) is 6.67. The Morgan fingerprint density at radius 1 is 0.925 bits per heavy atom. The summed E-state index contributed by atoms with van der Waals surface area (Å²) in [5.74, 6) is 0.244. The number of nitrogens with zero attached hydrogens (tertiary/aromatic N) is 1. The minimum atomic E-state index is -4.46. The molecule has 1 atom stereocenters. The molecule has 0 radical (unpaired) electrons. The minimum absolute atomic E-state index is 0.148. The van der Waals surface area contributed by atoms with Gasteiger partial charge in [-0.15, -0.1) is 0 Å². The molecule has 9 heteroatoms. The normalized spacial score (nSPS) is 14.6. The summed E-state index contributed by atoms with van der Waals surface area (Å²) in [6, 6.07) is 20.1. The first kappa shape index (κ1) is 27.1. The molecule has 5 rings (SSSR count). The molecule has 2 heterocycles. The van der Waals surface area contributed by atoms with E-state index in [2.05, 4.69) is 0 Å². The van der Waals surface area contributed by atoms with E-state index < -0.39 is 24.3 Å². The van der Waals surface area contributed by atoms with Crippen molar-refractivity contribution < 1.29 is 37.0 Å². The number of fused-ring (bicyclic) bond motifs is 1. The number of alkyl halides is 3. The lowest BCUT2D eigenvalue weighted by Crippen LogP contribution is -2.33. The average molecular weight is 550 g/mol. The lowest BCUT2D eigenvalue weighted by Gasteiger charge is -2.27. The second-order valence-electron chi connectivity index (χ2n) is 9.51. The third-order valence-corrected chi connectivity index (χ3v) is 6.83. The molecule has 3 aromatic carbocycles. The van der Waals surface area contributed by atoms with Crippen LogP contribution in [0, 0.1) is 13.8 Å². The number of aromatic nitrogens is 1. The molecule has 0 saturated carbocycles. The number of hydrogen-bond donors (Lipinski definition) is 0. The van der Waals surface area contributed by atoms with Crippen LogP contribution in [0.5, 0.6) is 11.5 Å². The number of Topliss-reactive ketones (excluding diaryl/α,β-unsaturated/α-hetero) is 1. The molecule has 0 N–H and O–H groups in total. The van der Waals surface area contributed by atoms with Crippen LogP contribution >= 0.6 is 0 Å². The van der Waals surface area contributed by atoms with Crippen LogP contribution in [0.4, 0.5) is 13.2 Å². The predicted molar refractivity (Wildman–Crippen MR) is 142 cm³/mol. The van der Waals surface area contributed by atoms with Gasteiger partial charge in [-0.1, -0.05) is 42.5 Å². The van der Waals surface area contributed by atoms with Crippen LogP contribution in [0.15, 0.2) is 78.9 Å². The molecule has 4 aromatic rings. The molecule has 1 aliphatic heterocycles. The highest BCUT2D eigenvalue weighted by atomic mass is 19.4. The zero-order chi connectivity index (χ0) is 28.4. The van der Waals surface area contributed by atoms with Crippen molar-refractivity contribution in [3.63, 3.8) is 0 Å². The van der Waals surface area contributed by atoms with E-state index in [-0.39, 0.29) is 17.5 Å². The maximum absolute atomic E-state index is 13.1. The van der Waals surface area contributed by atoms with Crippen LogP contribution < -0.4 is 9.47 Å². The van der Waals surface area contributed by atoms with E-state index in [1.807, 2.05) is 42.7 Å². The molecule has 0 amide bonds. The summed E-state index contributed by atoms with van der Waals surface area (Å²) in [6.07, 6.45) is -4.71. The fraction of sp³-hybridized carbons (Fsp3) is 0.226. The summed E-state index contributed by atoms with van der Waals surface area (Å²) < 4.78 is 58.0. The number of halogens is 3. The second-order valence-corrected chi connectivity index (χ2v) is 9.51. The Balaban J connectivity index is 1.26. The molecule has 0 spiro atoms. The maximum Gasteiger partial charge on any atom is 0.416 e. The molecule has 206 valence electrons. The van der Waals surface area contributed by atoms with Crippen LogP contribution in [0.3, 0.4) is 0 Å². The van der Waals surface area contributed by atoms with Crippen molar-refractivity contribution in [2.45, 2.75) is 32.7 Å². The van der Waals surface area contributed by atoms with Crippen LogP contribution in [-0.4, -0.2) is 35.6 Å². The van der Waals surface area contributed by atoms with Gasteiger partial charge in [0.05, 0.1) is 17.7 Å². The Kier molecular flexibility index (Phi) is 7.38. The van der Waals surface area contributed by atoms with Crippen molar-refractivity contribution >= 4 is 11.8 Å². The summed E-state index contributed by atoms with van der Waals surface area (Å²) in [5.41, 5.74) is 2.18. The van der Waals surface area contributed by atoms with Gasteiger partial charge in [0.2, 0.25) is 5.78 Å². The number of para-hydroxylation sites is 2. The molecule has 40 heavy (non-hydrogen) atoms. The first-order valence-corrected chi connectivity index (χ1v) is 12.6. The van der Waals surface area contributed by atoms with Crippen molar-refractivity contribution in [3.8, 4) is 22.6 Å². The Morgan fingerprint density at radius 2 is 1.60 bits per heavy atom. The van der Waals surface area contributed by atoms with Crippen molar-refractivity contribution in [1.82, 2.24) is 4.57 Å². The molecule has 0 fully saturated rings. The fourth-order valence-corrected chi connectivity index (χ4v) is 4.76. The maximum atomic E-state index is 13.1. The number of rotatable bonds is 7. The Bertz CT molecular complexity index is 1560. The SMILES string of the molecule is Cc1cc(C(=O)COC(=O)c2ccccc2-c2ccc(C(F)(F)F)cc2)c(C)n1CC1COc2ccccc2O1. The van der Waals surface area contributed by atoms with E-state index in [1.54, 1.807) is 24.3 Å². The minimum Gasteiger partial charge on any atom is -0.486 e. The molecular formula is C31H26F3NO5. The third-order valence-electron chi connectivity index (χ3n) is 6.83. The average Bonchev–Trinajstić information content (AvgIpc) is 3.23. The van der Waals surface area contributed by atoms with Gasteiger partial charge in [-0.25, -0.2) is 4.79 Å². The van der Waals surface area contributed by atoms with Gasteiger partial charge in [-0.2, -0.15) is 13.2 Å². The van der Waals surface area contributed by atoms with Gasteiger partial charge in [-0.3, -0.25) is 4.79 Å². The van der Waals surface area contributed by atoms with Gasteiger partial charge in [0.25, 0.3) is 0 Å². The van der Waals surface area contributed by atoms with Crippen LogP contribution in [-0.2, 0) is 17.5 Å². The molecule has 0 aliphatic carbocycles.